The maximum atomic E-state index is 12.8. The Morgan fingerprint density at radius 1 is 1.62 bits per heavy atom. The first-order chi connectivity index (χ1) is 6.06. The number of nitrogen functional groups attached to an aromatic ring is 1. The Morgan fingerprint density at radius 3 is 2.77 bits per heavy atom. The van der Waals surface area contributed by atoms with Crippen molar-refractivity contribution in [3.63, 3.8) is 0 Å². The maximum absolute atomic E-state index is 12.8. The number of nitrogens with two attached hydrogens (primary N) is 1. The van der Waals surface area contributed by atoms with Crippen LogP contribution in [0.15, 0.2) is 12.1 Å². The van der Waals surface area contributed by atoms with Crippen molar-refractivity contribution in [2.45, 2.75) is 0 Å². The Balaban J connectivity index is 3.23. The number of amides is 1. The minimum Gasteiger partial charge on any atom is -0.398 e. The number of nitrogens with one attached hydrogen (secondary N) is 1. The molecule has 0 spiro atoms. The lowest BCUT2D eigenvalue weighted by atomic mass is 10.1. The molecule has 70 valence electrons. The third-order valence-corrected chi connectivity index (χ3v) is 1.85. The summed E-state index contributed by atoms with van der Waals surface area (Å²) in [7, 11) is 1.46. The molecule has 0 saturated carbocycles. The van der Waals surface area contributed by atoms with Crippen molar-refractivity contribution in [2.24, 2.45) is 0 Å². The Kier molecular flexibility index (Phi) is 2.72. The normalized spacial score (nSPS) is 9.77. The molecule has 1 amide bonds. The number of hydrogen-bond donors (Lipinski definition) is 2. The highest BCUT2D eigenvalue weighted by Crippen LogP contribution is 2.21. The summed E-state index contributed by atoms with van der Waals surface area (Å²) in [6.07, 6.45) is 0. The fourth-order valence-corrected chi connectivity index (χ4v) is 1.06. The molecule has 0 aliphatic heterocycles. The number of carbonyl (C=O) groups is 1. The van der Waals surface area contributed by atoms with E-state index < -0.39 is 5.82 Å². The van der Waals surface area contributed by atoms with Gasteiger partial charge in [-0.05, 0) is 12.1 Å². The van der Waals surface area contributed by atoms with Gasteiger partial charge in [-0.1, -0.05) is 11.6 Å². The summed E-state index contributed by atoms with van der Waals surface area (Å²) in [6.45, 7) is 0. The summed E-state index contributed by atoms with van der Waals surface area (Å²) in [5.41, 5.74) is 5.65. The molecule has 0 bridgehead atoms. The van der Waals surface area contributed by atoms with Crippen LogP contribution in [0.1, 0.15) is 10.4 Å². The van der Waals surface area contributed by atoms with Crippen LogP contribution < -0.4 is 11.1 Å². The Hall–Kier alpha value is -1.29. The van der Waals surface area contributed by atoms with E-state index in [1.807, 2.05) is 0 Å². The van der Waals surface area contributed by atoms with E-state index in [4.69, 9.17) is 17.3 Å². The second kappa shape index (κ2) is 3.62. The quantitative estimate of drug-likeness (QED) is 0.677. The standard InChI is InChI=1S/C8H8ClFN2O/c1-12-8(13)4-2-5(9)6(10)3-7(4)11/h2-3H,11H2,1H3,(H,12,13). The van der Waals surface area contributed by atoms with E-state index in [0.29, 0.717) is 0 Å². The van der Waals surface area contributed by atoms with Gasteiger partial charge in [0.15, 0.2) is 0 Å². The number of hydrogen-bond acceptors (Lipinski definition) is 2. The van der Waals surface area contributed by atoms with Crippen molar-refractivity contribution in [1.29, 1.82) is 0 Å². The van der Waals surface area contributed by atoms with Gasteiger partial charge >= 0.3 is 0 Å². The topological polar surface area (TPSA) is 55.1 Å². The minimum atomic E-state index is -0.633. The van der Waals surface area contributed by atoms with Crippen molar-refractivity contribution >= 4 is 23.2 Å². The molecule has 0 unspecified atom stereocenters. The third kappa shape index (κ3) is 1.89. The van der Waals surface area contributed by atoms with E-state index in [1.54, 1.807) is 0 Å². The van der Waals surface area contributed by atoms with Crippen LogP contribution in [0.5, 0.6) is 0 Å². The number of halogens is 2. The molecule has 0 saturated heterocycles. The summed E-state index contributed by atoms with van der Waals surface area (Å²) in [5.74, 6) is -1.02. The Morgan fingerprint density at radius 2 is 2.23 bits per heavy atom. The molecule has 13 heavy (non-hydrogen) atoms. The Labute approximate surface area is 79.7 Å². The fraction of sp³-hybridized carbons (Fsp3) is 0.125. The highest BCUT2D eigenvalue weighted by molar-refractivity contribution is 6.31. The monoisotopic (exact) mass is 202 g/mol. The van der Waals surface area contributed by atoms with Crippen LogP contribution in [0.4, 0.5) is 10.1 Å². The average molecular weight is 203 g/mol. The van der Waals surface area contributed by atoms with Crippen LogP contribution in [0.3, 0.4) is 0 Å². The van der Waals surface area contributed by atoms with E-state index in [9.17, 15) is 9.18 Å². The number of carbonyl (C=O) groups excluding carboxylic acids is 1. The maximum Gasteiger partial charge on any atom is 0.253 e. The molecular formula is C8H8ClFN2O. The summed E-state index contributed by atoms with van der Waals surface area (Å²) in [6, 6.07) is 2.22. The molecule has 0 atom stereocenters. The second-order valence-corrected chi connectivity index (χ2v) is 2.84. The van der Waals surface area contributed by atoms with E-state index >= 15 is 0 Å². The first-order valence-corrected chi connectivity index (χ1v) is 3.90. The Bertz CT molecular complexity index is 354. The van der Waals surface area contributed by atoms with Gasteiger partial charge in [-0.25, -0.2) is 4.39 Å². The lowest BCUT2D eigenvalue weighted by Crippen LogP contribution is -2.19. The molecule has 0 radical (unpaired) electrons. The zero-order valence-electron chi connectivity index (χ0n) is 6.90. The van der Waals surface area contributed by atoms with Crippen LogP contribution in [0.25, 0.3) is 0 Å². The van der Waals surface area contributed by atoms with Gasteiger partial charge in [0, 0.05) is 12.7 Å². The molecular weight excluding hydrogens is 195 g/mol. The van der Waals surface area contributed by atoms with E-state index in [0.717, 1.165) is 6.07 Å². The molecule has 5 heteroatoms. The highest BCUT2D eigenvalue weighted by atomic mass is 35.5. The third-order valence-electron chi connectivity index (χ3n) is 1.56. The van der Waals surface area contributed by atoms with E-state index in [1.165, 1.54) is 13.1 Å². The zero-order chi connectivity index (χ0) is 10.0. The largest absolute Gasteiger partial charge is 0.398 e. The van der Waals surface area contributed by atoms with Gasteiger partial charge in [0.2, 0.25) is 0 Å². The molecule has 3 N–H and O–H groups in total. The molecule has 0 aliphatic carbocycles. The molecule has 0 aromatic heterocycles. The van der Waals surface area contributed by atoms with Gasteiger partial charge in [-0.3, -0.25) is 4.79 Å². The summed E-state index contributed by atoms with van der Waals surface area (Å²) in [4.78, 5) is 11.1. The molecule has 3 nitrogen and oxygen atoms in total. The average Bonchev–Trinajstić information content (AvgIpc) is 2.10. The lowest BCUT2D eigenvalue weighted by Gasteiger charge is -2.04. The van der Waals surface area contributed by atoms with Crippen molar-refractivity contribution in [2.75, 3.05) is 12.8 Å². The molecule has 0 aliphatic rings. The smallest absolute Gasteiger partial charge is 0.253 e. The lowest BCUT2D eigenvalue weighted by molar-refractivity contribution is 0.0964. The summed E-state index contributed by atoms with van der Waals surface area (Å²) in [5, 5.41) is 2.25. The van der Waals surface area contributed by atoms with Crippen LogP contribution in [0.2, 0.25) is 5.02 Å². The van der Waals surface area contributed by atoms with Crippen LogP contribution in [-0.2, 0) is 0 Å². The van der Waals surface area contributed by atoms with Crippen LogP contribution >= 0.6 is 11.6 Å². The van der Waals surface area contributed by atoms with Crippen molar-refractivity contribution in [3.05, 3.63) is 28.5 Å². The van der Waals surface area contributed by atoms with E-state index in [-0.39, 0.29) is 22.2 Å². The minimum absolute atomic E-state index is 0.0706. The number of anilines is 1. The second-order valence-electron chi connectivity index (χ2n) is 2.43. The van der Waals surface area contributed by atoms with Gasteiger partial charge in [-0.15, -0.1) is 0 Å². The predicted molar refractivity (Wildman–Crippen MR) is 49.2 cm³/mol. The summed E-state index contributed by atoms with van der Waals surface area (Å²) < 4.78 is 12.8. The summed E-state index contributed by atoms with van der Waals surface area (Å²) >= 11 is 5.48. The van der Waals surface area contributed by atoms with Gasteiger partial charge in [0.1, 0.15) is 5.82 Å². The molecule has 1 rings (SSSR count). The predicted octanol–water partition coefficient (Wildman–Crippen LogP) is 1.42. The SMILES string of the molecule is CNC(=O)c1cc(Cl)c(F)cc1N. The van der Waals surface area contributed by atoms with Gasteiger partial charge in [0.25, 0.3) is 5.91 Å². The first-order valence-electron chi connectivity index (χ1n) is 3.53. The van der Waals surface area contributed by atoms with Gasteiger partial charge < -0.3 is 11.1 Å². The van der Waals surface area contributed by atoms with Crippen LogP contribution in [-0.4, -0.2) is 13.0 Å². The number of rotatable bonds is 1. The molecule has 1 aromatic carbocycles. The van der Waals surface area contributed by atoms with Gasteiger partial charge in [-0.2, -0.15) is 0 Å². The fourth-order valence-electron chi connectivity index (χ4n) is 0.894. The van der Waals surface area contributed by atoms with Crippen molar-refractivity contribution in [1.82, 2.24) is 5.32 Å². The molecule has 1 aromatic rings. The highest BCUT2D eigenvalue weighted by Gasteiger charge is 2.11. The van der Waals surface area contributed by atoms with E-state index in [2.05, 4.69) is 5.32 Å². The van der Waals surface area contributed by atoms with Crippen molar-refractivity contribution in [3.8, 4) is 0 Å². The van der Waals surface area contributed by atoms with Crippen LogP contribution in [0, 0.1) is 5.82 Å². The molecule has 0 heterocycles. The number of benzene rings is 1. The van der Waals surface area contributed by atoms with Crippen molar-refractivity contribution < 1.29 is 9.18 Å². The van der Waals surface area contributed by atoms with Gasteiger partial charge in [0.05, 0.1) is 10.6 Å². The molecule has 0 fully saturated rings. The zero-order valence-corrected chi connectivity index (χ0v) is 7.65. The first kappa shape index (κ1) is 9.80.